The molecule has 11 heteroatoms. The second kappa shape index (κ2) is 11.2. The summed E-state index contributed by atoms with van der Waals surface area (Å²) >= 11 is 22.2. The topological polar surface area (TPSA) is 76.1 Å². The molecule has 0 unspecified atom stereocenters. The summed E-state index contributed by atoms with van der Waals surface area (Å²) < 4.78 is 12.4. The summed E-state index contributed by atoms with van der Waals surface area (Å²) in [6, 6.07) is 14.8. The highest BCUT2D eigenvalue weighted by Crippen LogP contribution is 2.41. The Morgan fingerprint density at radius 3 is 2.67 bits per heavy atom. The number of ether oxygens (including phenoxy) is 2. The van der Waals surface area contributed by atoms with Gasteiger partial charge in [0.1, 0.15) is 6.61 Å². The fourth-order valence-electron chi connectivity index (χ4n) is 3.37. The fraction of sp³-hybridized carbons (Fsp3) is 0.0800. The molecule has 0 spiro atoms. The average Bonchev–Trinajstić information content (AvgIpc) is 3.11. The van der Waals surface area contributed by atoms with E-state index in [4.69, 9.17) is 44.9 Å². The Morgan fingerprint density at radius 2 is 1.97 bits per heavy atom. The molecule has 1 aliphatic heterocycles. The third kappa shape index (κ3) is 5.71. The molecule has 4 rings (SSSR count). The quantitative estimate of drug-likeness (QED) is 0.216. The number of aromatic carboxylic acids is 1. The predicted molar refractivity (Wildman–Crippen MR) is 151 cm³/mol. The lowest BCUT2D eigenvalue weighted by Gasteiger charge is -2.15. The summed E-state index contributed by atoms with van der Waals surface area (Å²) in [5.41, 5.74) is 1.89. The van der Waals surface area contributed by atoms with E-state index in [0.717, 1.165) is 17.3 Å². The van der Waals surface area contributed by atoms with Gasteiger partial charge in [-0.25, -0.2) is 4.79 Å². The molecule has 0 radical (unpaired) electrons. The van der Waals surface area contributed by atoms with E-state index in [1.807, 2.05) is 0 Å². The molecular weight excluding hydrogens is 609 g/mol. The summed E-state index contributed by atoms with van der Waals surface area (Å²) in [4.78, 5) is 26.2. The van der Waals surface area contributed by atoms with Crippen molar-refractivity contribution in [3.05, 3.63) is 90.7 Å². The molecule has 6 nitrogen and oxygen atoms in total. The number of carboxylic acid groups (broad SMARTS) is 1. The van der Waals surface area contributed by atoms with Crippen LogP contribution in [0.25, 0.3) is 6.08 Å². The number of nitrogens with zero attached hydrogens (tertiary/aromatic N) is 1. The molecule has 0 aromatic heterocycles. The zero-order valence-corrected chi connectivity index (χ0v) is 23.2. The molecule has 0 aliphatic carbocycles. The number of methoxy groups -OCH3 is 1. The van der Waals surface area contributed by atoms with Crippen LogP contribution in [-0.2, 0) is 11.4 Å². The summed E-state index contributed by atoms with van der Waals surface area (Å²) in [5, 5.41) is 10.3. The van der Waals surface area contributed by atoms with Crippen molar-refractivity contribution in [1.82, 2.24) is 0 Å². The Kier molecular flexibility index (Phi) is 8.27. The van der Waals surface area contributed by atoms with Gasteiger partial charge in [0.2, 0.25) is 0 Å². The smallest absolute Gasteiger partial charge is 0.335 e. The number of halogens is 3. The molecule has 1 N–H and O–H groups in total. The largest absolute Gasteiger partial charge is 0.493 e. The first-order chi connectivity index (χ1) is 17.2. The van der Waals surface area contributed by atoms with E-state index >= 15 is 0 Å². The molecule has 36 heavy (non-hydrogen) atoms. The normalized spacial score (nSPS) is 14.4. The number of carboxylic acids is 1. The lowest BCUT2D eigenvalue weighted by Crippen LogP contribution is -2.27. The summed E-state index contributed by atoms with van der Waals surface area (Å²) in [6.07, 6.45) is 1.69. The Labute approximate surface area is 234 Å². The Morgan fingerprint density at radius 1 is 1.19 bits per heavy atom. The van der Waals surface area contributed by atoms with Crippen LogP contribution in [0.15, 0.2) is 64.0 Å². The van der Waals surface area contributed by atoms with E-state index in [1.54, 1.807) is 48.5 Å². The molecule has 3 aromatic rings. The number of carbonyl (C=O) groups excluding carboxylic acids is 1. The SMILES string of the molecule is COc1cc(/C=C2/SC(=S)N(c3cccc(C(=O)O)c3)C2=O)cc(Br)c1OCc1ccc(Cl)cc1Cl. The lowest BCUT2D eigenvalue weighted by molar-refractivity contribution is -0.113. The number of carbonyl (C=O) groups is 2. The Hall–Kier alpha value is -2.56. The van der Waals surface area contributed by atoms with Gasteiger partial charge in [-0.3, -0.25) is 9.69 Å². The minimum Gasteiger partial charge on any atom is -0.493 e. The summed E-state index contributed by atoms with van der Waals surface area (Å²) in [7, 11) is 1.52. The molecule has 1 heterocycles. The van der Waals surface area contributed by atoms with Crippen molar-refractivity contribution in [3.63, 3.8) is 0 Å². The first-order valence-corrected chi connectivity index (χ1v) is 13.0. The van der Waals surface area contributed by atoms with E-state index in [0.29, 0.717) is 46.5 Å². The van der Waals surface area contributed by atoms with Gasteiger partial charge in [0.05, 0.1) is 27.7 Å². The van der Waals surface area contributed by atoms with Gasteiger partial charge in [-0.15, -0.1) is 0 Å². The fourth-order valence-corrected chi connectivity index (χ4v) is 5.71. The molecule has 3 aromatic carbocycles. The van der Waals surface area contributed by atoms with Crippen molar-refractivity contribution < 1.29 is 24.2 Å². The maximum Gasteiger partial charge on any atom is 0.335 e. The third-order valence-corrected chi connectivity index (χ3v) is 7.56. The molecule has 0 saturated carbocycles. The van der Waals surface area contributed by atoms with E-state index in [1.165, 1.54) is 24.1 Å². The number of rotatable bonds is 7. The molecular formula is C25H16BrCl2NO5S2. The minimum atomic E-state index is -1.09. The van der Waals surface area contributed by atoms with E-state index in [-0.39, 0.29) is 18.1 Å². The Bertz CT molecular complexity index is 1430. The van der Waals surface area contributed by atoms with Crippen LogP contribution >= 0.6 is 63.1 Å². The van der Waals surface area contributed by atoms with Crippen LogP contribution in [0.4, 0.5) is 5.69 Å². The van der Waals surface area contributed by atoms with Gasteiger partial charge in [0.15, 0.2) is 15.8 Å². The van der Waals surface area contributed by atoms with E-state index in [2.05, 4.69) is 15.9 Å². The minimum absolute atomic E-state index is 0.0645. The van der Waals surface area contributed by atoms with Crippen molar-refractivity contribution in [3.8, 4) is 11.5 Å². The van der Waals surface area contributed by atoms with Gasteiger partial charge >= 0.3 is 5.97 Å². The van der Waals surface area contributed by atoms with Crippen LogP contribution in [0, 0.1) is 0 Å². The van der Waals surface area contributed by atoms with E-state index in [9.17, 15) is 14.7 Å². The number of thioether (sulfide) groups is 1. The summed E-state index contributed by atoms with van der Waals surface area (Å²) in [5.74, 6) is -0.514. The lowest BCUT2D eigenvalue weighted by atomic mass is 10.1. The number of benzene rings is 3. The van der Waals surface area contributed by atoms with Crippen molar-refractivity contribution in [2.24, 2.45) is 0 Å². The van der Waals surface area contributed by atoms with Crippen LogP contribution in [0.3, 0.4) is 0 Å². The molecule has 1 amide bonds. The van der Waals surface area contributed by atoms with Crippen molar-refractivity contribution >= 4 is 91.1 Å². The molecule has 0 atom stereocenters. The van der Waals surface area contributed by atoms with Crippen LogP contribution < -0.4 is 14.4 Å². The molecule has 1 fully saturated rings. The maximum absolute atomic E-state index is 13.1. The first kappa shape index (κ1) is 26.5. The zero-order valence-electron chi connectivity index (χ0n) is 18.5. The average molecular weight is 625 g/mol. The molecule has 1 saturated heterocycles. The highest BCUT2D eigenvalue weighted by Gasteiger charge is 2.33. The zero-order chi connectivity index (χ0) is 26.0. The molecule has 184 valence electrons. The van der Waals surface area contributed by atoms with Crippen LogP contribution in [0.5, 0.6) is 11.5 Å². The van der Waals surface area contributed by atoms with Crippen LogP contribution in [-0.4, -0.2) is 28.4 Å². The van der Waals surface area contributed by atoms with Gasteiger partial charge in [-0.05, 0) is 70.0 Å². The van der Waals surface area contributed by atoms with Crippen LogP contribution in [0.1, 0.15) is 21.5 Å². The molecule has 1 aliphatic rings. The highest BCUT2D eigenvalue weighted by atomic mass is 79.9. The van der Waals surface area contributed by atoms with Gasteiger partial charge in [0.25, 0.3) is 5.91 Å². The predicted octanol–water partition coefficient (Wildman–Crippen LogP) is 7.45. The maximum atomic E-state index is 13.1. The Balaban J connectivity index is 1.59. The number of thiocarbonyl (C=S) groups is 1. The second-order valence-electron chi connectivity index (χ2n) is 7.43. The number of anilines is 1. The monoisotopic (exact) mass is 623 g/mol. The van der Waals surface area contributed by atoms with Crippen molar-refractivity contribution in [1.29, 1.82) is 0 Å². The second-order valence-corrected chi connectivity index (χ2v) is 10.8. The van der Waals surface area contributed by atoms with Crippen molar-refractivity contribution in [2.75, 3.05) is 12.0 Å². The van der Waals surface area contributed by atoms with Gasteiger partial charge in [-0.2, -0.15) is 0 Å². The van der Waals surface area contributed by atoms with Crippen LogP contribution in [0.2, 0.25) is 10.0 Å². The summed E-state index contributed by atoms with van der Waals surface area (Å²) in [6.45, 7) is 0.193. The van der Waals surface area contributed by atoms with Gasteiger partial charge in [0, 0.05) is 15.6 Å². The van der Waals surface area contributed by atoms with E-state index < -0.39 is 5.97 Å². The number of amides is 1. The van der Waals surface area contributed by atoms with Gasteiger partial charge in [-0.1, -0.05) is 59.3 Å². The molecule has 0 bridgehead atoms. The number of hydrogen-bond donors (Lipinski definition) is 1. The van der Waals surface area contributed by atoms with Gasteiger partial charge < -0.3 is 14.6 Å². The standard InChI is InChI=1S/C25H16BrCl2NO5S2/c1-33-20-8-13(7-18(26)22(20)34-12-15-5-6-16(27)11-19(15)28)9-21-23(30)29(25(35)36-21)17-4-2-3-14(10-17)24(31)32/h2-11H,12H2,1H3,(H,31,32)/b21-9+. The highest BCUT2D eigenvalue weighted by molar-refractivity contribution is 9.10. The first-order valence-electron chi connectivity index (χ1n) is 10.2. The third-order valence-electron chi connectivity index (χ3n) is 5.08. The van der Waals surface area contributed by atoms with Crippen molar-refractivity contribution in [2.45, 2.75) is 6.61 Å². The number of hydrogen-bond acceptors (Lipinski definition) is 6.